The molecule has 1 aliphatic heterocycles. The zero-order valence-corrected chi connectivity index (χ0v) is 15.2. The van der Waals surface area contributed by atoms with Gasteiger partial charge in [-0.25, -0.2) is 17.6 Å². The van der Waals surface area contributed by atoms with E-state index in [4.69, 9.17) is 16.7 Å². The van der Waals surface area contributed by atoms with Crippen molar-refractivity contribution in [2.24, 2.45) is 5.92 Å². The molecule has 1 N–H and O–H groups in total. The van der Waals surface area contributed by atoms with Gasteiger partial charge in [-0.05, 0) is 43.0 Å². The Hall–Kier alpha value is -2.03. The van der Waals surface area contributed by atoms with Crippen LogP contribution in [-0.2, 0) is 16.4 Å². The van der Waals surface area contributed by atoms with E-state index in [2.05, 4.69) is 4.98 Å². The van der Waals surface area contributed by atoms with Crippen molar-refractivity contribution in [3.05, 3.63) is 58.6 Å². The number of nitrogens with zero attached hydrogens (tertiary/aromatic N) is 2. The molecule has 2 aromatic rings. The van der Waals surface area contributed by atoms with Crippen molar-refractivity contribution in [2.45, 2.75) is 17.7 Å². The molecule has 0 spiro atoms. The van der Waals surface area contributed by atoms with Crippen molar-refractivity contribution in [1.29, 1.82) is 0 Å². The van der Waals surface area contributed by atoms with Gasteiger partial charge in [0.15, 0.2) is 0 Å². The normalized spacial score (nSPS) is 18.2. The summed E-state index contributed by atoms with van der Waals surface area (Å²) in [4.78, 5) is 14.7. The molecule has 1 aromatic heterocycles. The van der Waals surface area contributed by atoms with E-state index in [1.807, 2.05) is 12.1 Å². The van der Waals surface area contributed by atoms with Crippen molar-refractivity contribution in [3.63, 3.8) is 0 Å². The van der Waals surface area contributed by atoms with Gasteiger partial charge in [-0.1, -0.05) is 17.7 Å². The maximum Gasteiger partial charge on any atom is 0.337 e. The van der Waals surface area contributed by atoms with Gasteiger partial charge in [0.25, 0.3) is 0 Å². The minimum absolute atomic E-state index is 0.0639. The van der Waals surface area contributed by atoms with E-state index < -0.39 is 32.3 Å². The molecule has 1 atom stereocenters. The lowest BCUT2D eigenvalue weighted by molar-refractivity contribution is 0.0696. The summed E-state index contributed by atoms with van der Waals surface area (Å²) in [6.45, 7) is 0.466. The molecule has 1 fully saturated rings. The van der Waals surface area contributed by atoms with Crippen LogP contribution in [0, 0.1) is 11.7 Å². The highest BCUT2D eigenvalue weighted by molar-refractivity contribution is 7.89. The summed E-state index contributed by atoms with van der Waals surface area (Å²) in [6, 6.07) is 7.04. The minimum Gasteiger partial charge on any atom is -0.478 e. The smallest absolute Gasteiger partial charge is 0.337 e. The van der Waals surface area contributed by atoms with Gasteiger partial charge in [-0.15, -0.1) is 0 Å². The molecular formula is C17H16ClFN2O4S. The second-order valence-electron chi connectivity index (χ2n) is 6.11. The number of carboxylic acid groups (broad SMARTS) is 1. The third kappa shape index (κ3) is 3.72. The molecule has 1 aromatic carbocycles. The molecular weight excluding hydrogens is 383 g/mol. The number of hydrogen-bond donors (Lipinski definition) is 1. The number of halogens is 2. The number of carboxylic acids is 1. The Bertz CT molecular complexity index is 937. The summed E-state index contributed by atoms with van der Waals surface area (Å²) in [7, 11) is -4.15. The van der Waals surface area contributed by atoms with E-state index in [1.165, 1.54) is 4.31 Å². The Morgan fingerprint density at radius 2 is 2.15 bits per heavy atom. The first-order valence-electron chi connectivity index (χ1n) is 7.91. The van der Waals surface area contributed by atoms with Crippen molar-refractivity contribution in [3.8, 4) is 0 Å². The van der Waals surface area contributed by atoms with Gasteiger partial charge in [-0.2, -0.15) is 4.31 Å². The van der Waals surface area contributed by atoms with Crippen LogP contribution in [0.25, 0.3) is 0 Å². The highest BCUT2D eigenvalue weighted by Gasteiger charge is 2.35. The first-order valence-corrected chi connectivity index (χ1v) is 9.73. The van der Waals surface area contributed by atoms with E-state index >= 15 is 0 Å². The van der Waals surface area contributed by atoms with Crippen LogP contribution in [0.15, 0.2) is 41.4 Å². The van der Waals surface area contributed by atoms with Gasteiger partial charge in [0, 0.05) is 25.0 Å². The largest absolute Gasteiger partial charge is 0.478 e. The van der Waals surface area contributed by atoms with Gasteiger partial charge in [0.1, 0.15) is 10.7 Å². The summed E-state index contributed by atoms with van der Waals surface area (Å²) < 4.78 is 40.9. The molecule has 0 bridgehead atoms. The van der Waals surface area contributed by atoms with Crippen LogP contribution < -0.4 is 0 Å². The van der Waals surface area contributed by atoms with Gasteiger partial charge >= 0.3 is 5.97 Å². The highest BCUT2D eigenvalue weighted by Crippen LogP contribution is 2.30. The van der Waals surface area contributed by atoms with Crippen LogP contribution in [0.2, 0.25) is 5.02 Å². The van der Waals surface area contributed by atoms with Crippen LogP contribution in [0.1, 0.15) is 22.5 Å². The van der Waals surface area contributed by atoms with Gasteiger partial charge in [0.2, 0.25) is 10.0 Å². The van der Waals surface area contributed by atoms with Gasteiger partial charge < -0.3 is 5.11 Å². The van der Waals surface area contributed by atoms with Crippen molar-refractivity contribution in [1.82, 2.24) is 9.29 Å². The molecule has 0 saturated carbocycles. The monoisotopic (exact) mass is 398 g/mol. The molecule has 3 rings (SSSR count). The SMILES string of the molecule is O=C(O)c1cc(S(=O)(=O)N2CCC(Cc3ccccn3)C2)c(F)cc1Cl. The molecule has 1 aliphatic rings. The molecule has 138 valence electrons. The first-order chi connectivity index (χ1) is 12.3. The predicted molar refractivity (Wildman–Crippen MR) is 93.2 cm³/mol. The molecule has 1 saturated heterocycles. The number of carbonyl (C=O) groups is 1. The van der Waals surface area contributed by atoms with Gasteiger partial charge in [-0.3, -0.25) is 4.98 Å². The topological polar surface area (TPSA) is 87.6 Å². The van der Waals surface area contributed by atoms with Crippen molar-refractivity contribution in [2.75, 3.05) is 13.1 Å². The fraction of sp³-hybridized carbons (Fsp3) is 0.294. The number of sulfonamides is 1. The molecule has 6 nitrogen and oxygen atoms in total. The lowest BCUT2D eigenvalue weighted by Gasteiger charge is -2.17. The number of rotatable bonds is 5. The standard InChI is InChI=1S/C17H16ClFN2O4S/c18-14-9-15(19)16(8-13(14)17(22)23)26(24,25)21-6-4-11(10-21)7-12-3-1-2-5-20-12/h1-3,5,8-9,11H,4,6-7,10H2,(H,22,23). The maximum absolute atomic E-state index is 14.2. The quantitative estimate of drug-likeness (QED) is 0.836. The molecule has 0 aliphatic carbocycles. The number of hydrogen-bond acceptors (Lipinski definition) is 4. The van der Waals surface area contributed by atoms with Crippen LogP contribution in [0.4, 0.5) is 4.39 Å². The van der Waals surface area contributed by atoms with E-state index in [0.717, 1.165) is 17.8 Å². The van der Waals surface area contributed by atoms with Crippen LogP contribution in [-0.4, -0.2) is 41.9 Å². The van der Waals surface area contributed by atoms with E-state index in [0.29, 0.717) is 12.8 Å². The molecule has 26 heavy (non-hydrogen) atoms. The van der Waals surface area contributed by atoms with E-state index in [9.17, 15) is 17.6 Å². The zero-order chi connectivity index (χ0) is 18.9. The number of benzene rings is 1. The Labute approximate surface area is 155 Å². The second kappa shape index (κ2) is 7.30. The first kappa shape index (κ1) is 18.8. The lowest BCUT2D eigenvalue weighted by Crippen LogP contribution is -2.30. The minimum atomic E-state index is -4.15. The Morgan fingerprint density at radius 3 is 2.81 bits per heavy atom. The molecule has 0 amide bonds. The zero-order valence-electron chi connectivity index (χ0n) is 13.6. The summed E-state index contributed by atoms with van der Waals surface area (Å²) in [5.74, 6) is -2.41. The Morgan fingerprint density at radius 1 is 1.38 bits per heavy atom. The summed E-state index contributed by atoms with van der Waals surface area (Å²) in [5, 5.41) is 8.75. The summed E-state index contributed by atoms with van der Waals surface area (Å²) >= 11 is 5.68. The molecule has 1 unspecified atom stereocenters. The highest BCUT2D eigenvalue weighted by atomic mass is 35.5. The summed E-state index contributed by atoms with van der Waals surface area (Å²) in [5.41, 5.74) is 0.415. The molecule has 2 heterocycles. The fourth-order valence-electron chi connectivity index (χ4n) is 3.03. The van der Waals surface area contributed by atoms with Crippen molar-refractivity contribution < 1.29 is 22.7 Å². The second-order valence-corrected chi connectivity index (χ2v) is 8.42. The average molecular weight is 399 g/mol. The number of pyridine rings is 1. The van der Waals surface area contributed by atoms with Crippen LogP contribution >= 0.6 is 11.6 Å². The molecule has 0 radical (unpaired) electrons. The fourth-order valence-corrected chi connectivity index (χ4v) is 4.86. The van der Waals surface area contributed by atoms with Crippen LogP contribution in [0.5, 0.6) is 0 Å². The van der Waals surface area contributed by atoms with Crippen molar-refractivity contribution >= 4 is 27.6 Å². The number of aromatic carboxylic acids is 1. The maximum atomic E-state index is 14.2. The third-order valence-electron chi connectivity index (χ3n) is 4.34. The van der Waals surface area contributed by atoms with E-state index in [1.54, 1.807) is 12.3 Å². The van der Waals surface area contributed by atoms with Crippen LogP contribution in [0.3, 0.4) is 0 Å². The van der Waals surface area contributed by atoms with Gasteiger partial charge in [0.05, 0.1) is 10.6 Å². The average Bonchev–Trinajstić information content (AvgIpc) is 3.04. The predicted octanol–water partition coefficient (Wildman–Crippen LogP) is 2.83. The lowest BCUT2D eigenvalue weighted by atomic mass is 10.0. The Kier molecular flexibility index (Phi) is 5.27. The van der Waals surface area contributed by atoms with E-state index in [-0.39, 0.29) is 24.0 Å². The Balaban J connectivity index is 1.83. The summed E-state index contributed by atoms with van der Waals surface area (Å²) in [6.07, 6.45) is 2.92. The number of aromatic nitrogens is 1. The molecule has 9 heteroatoms. The third-order valence-corrected chi connectivity index (χ3v) is 6.54.